The number of benzene rings is 2. The molecule has 0 aliphatic heterocycles. The van der Waals surface area contributed by atoms with Crippen LogP contribution in [-0.2, 0) is 21.2 Å². The van der Waals surface area contributed by atoms with Gasteiger partial charge in [0, 0.05) is 13.1 Å². The van der Waals surface area contributed by atoms with Crippen LogP contribution in [0.2, 0.25) is 5.02 Å². The number of nitrogens with one attached hydrogen (secondary N) is 1. The fourth-order valence-corrected chi connectivity index (χ4v) is 4.28. The van der Waals surface area contributed by atoms with Crippen molar-refractivity contribution in [2.24, 2.45) is 0 Å². The molecule has 0 aliphatic rings. The van der Waals surface area contributed by atoms with Crippen LogP contribution in [0.15, 0.2) is 47.4 Å². The van der Waals surface area contributed by atoms with E-state index in [0.29, 0.717) is 18.8 Å². The highest BCUT2D eigenvalue weighted by molar-refractivity contribution is 7.89. The number of nitrogens with zero attached hydrogens (tertiary/aromatic N) is 1. The molecule has 1 N–H and O–H groups in total. The van der Waals surface area contributed by atoms with E-state index in [-0.39, 0.29) is 22.2 Å². The molecule has 2 aromatic carbocycles. The molecule has 0 saturated heterocycles. The highest BCUT2D eigenvalue weighted by Crippen LogP contribution is 2.27. The van der Waals surface area contributed by atoms with Crippen LogP contribution in [0, 0.1) is 0 Å². The van der Waals surface area contributed by atoms with Crippen molar-refractivity contribution in [1.29, 1.82) is 0 Å². The van der Waals surface area contributed by atoms with Crippen molar-refractivity contribution >= 4 is 33.2 Å². The Morgan fingerprint density at radius 3 is 2.29 bits per heavy atom. The predicted molar refractivity (Wildman–Crippen MR) is 112 cm³/mol. The number of aryl methyl sites for hydroxylation is 1. The topological polar surface area (TPSA) is 75.7 Å². The fraction of sp³-hybridized carbons (Fsp3) is 0.350. The Labute approximate surface area is 171 Å². The minimum atomic E-state index is -3.65. The van der Waals surface area contributed by atoms with Gasteiger partial charge in [0.25, 0.3) is 5.91 Å². The molecule has 0 atom stereocenters. The van der Waals surface area contributed by atoms with Crippen molar-refractivity contribution < 1.29 is 17.9 Å². The summed E-state index contributed by atoms with van der Waals surface area (Å²) in [4.78, 5) is 12.3. The lowest BCUT2D eigenvalue weighted by Gasteiger charge is -2.19. The van der Waals surface area contributed by atoms with Crippen LogP contribution in [0.4, 0.5) is 5.69 Å². The Hall–Kier alpha value is -2.09. The van der Waals surface area contributed by atoms with E-state index in [1.54, 1.807) is 26.0 Å². The zero-order valence-corrected chi connectivity index (χ0v) is 17.8. The number of carbonyl (C=O) groups excluding carboxylic acids is 1. The Balaban J connectivity index is 2.09. The summed E-state index contributed by atoms with van der Waals surface area (Å²) < 4.78 is 32.1. The average Bonchev–Trinajstić information content (AvgIpc) is 2.69. The molecule has 8 heteroatoms. The zero-order chi connectivity index (χ0) is 20.7. The maximum atomic E-state index is 12.7. The second kappa shape index (κ2) is 9.91. The van der Waals surface area contributed by atoms with Crippen LogP contribution < -0.4 is 10.1 Å². The molecule has 0 bridgehead atoms. The van der Waals surface area contributed by atoms with Gasteiger partial charge in [-0.15, -0.1) is 0 Å². The first-order valence-electron chi connectivity index (χ1n) is 9.13. The van der Waals surface area contributed by atoms with E-state index in [4.69, 9.17) is 16.3 Å². The first-order chi connectivity index (χ1) is 13.3. The van der Waals surface area contributed by atoms with E-state index in [9.17, 15) is 13.2 Å². The molecule has 0 spiro atoms. The number of ether oxygens (including phenoxy) is 1. The summed E-state index contributed by atoms with van der Waals surface area (Å²) in [6.07, 6.45) is 0.923. The van der Waals surface area contributed by atoms with Gasteiger partial charge in [0.1, 0.15) is 5.75 Å². The highest BCUT2D eigenvalue weighted by atomic mass is 35.5. The van der Waals surface area contributed by atoms with Gasteiger partial charge in [-0.25, -0.2) is 8.42 Å². The first-order valence-corrected chi connectivity index (χ1v) is 10.9. The summed E-state index contributed by atoms with van der Waals surface area (Å²) >= 11 is 6.12. The van der Waals surface area contributed by atoms with Crippen molar-refractivity contribution in [2.75, 3.05) is 25.0 Å². The molecule has 0 aliphatic carbocycles. The van der Waals surface area contributed by atoms with Crippen molar-refractivity contribution in [3.8, 4) is 5.75 Å². The first kappa shape index (κ1) is 22.2. The van der Waals surface area contributed by atoms with Crippen molar-refractivity contribution in [1.82, 2.24) is 4.31 Å². The molecule has 0 radical (unpaired) electrons. The van der Waals surface area contributed by atoms with Gasteiger partial charge in [-0.05, 0) is 42.3 Å². The number of rotatable bonds is 9. The van der Waals surface area contributed by atoms with Gasteiger partial charge in [0.15, 0.2) is 6.61 Å². The standard InChI is InChI=1S/C20H25ClN2O4S/c1-4-15-7-9-16(10-8-15)27-14-20(24)22-19-13-17(11-12-18(19)21)28(25,26)23(5-2)6-3/h7-13H,4-6,14H2,1-3H3,(H,22,24). The number of amides is 1. The van der Waals surface area contributed by atoms with Crippen molar-refractivity contribution in [3.63, 3.8) is 0 Å². The summed E-state index contributed by atoms with van der Waals surface area (Å²) in [5.74, 6) is 0.148. The van der Waals surface area contributed by atoms with Crippen LogP contribution in [0.3, 0.4) is 0 Å². The Bertz CT molecular complexity index is 910. The number of hydrogen-bond acceptors (Lipinski definition) is 4. The van der Waals surface area contributed by atoms with Crippen LogP contribution in [0.1, 0.15) is 26.3 Å². The lowest BCUT2D eigenvalue weighted by atomic mass is 10.2. The molecule has 0 saturated carbocycles. The molecular weight excluding hydrogens is 400 g/mol. The SMILES string of the molecule is CCc1ccc(OCC(=O)Nc2cc(S(=O)(=O)N(CC)CC)ccc2Cl)cc1. The largest absolute Gasteiger partial charge is 0.484 e. The number of sulfonamides is 1. The maximum Gasteiger partial charge on any atom is 0.262 e. The van der Waals surface area contributed by atoms with Gasteiger partial charge in [-0.2, -0.15) is 4.31 Å². The van der Waals surface area contributed by atoms with E-state index in [2.05, 4.69) is 12.2 Å². The monoisotopic (exact) mass is 424 g/mol. The Kier molecular flexibility index (Phi) is 7.86. The molecule has 0 fully saturated rings. The second-order valence-corrected chi connectivity index (χ2v) is 8.41. The Morgan fingerprint density at radius 1 is 1.07 bits per heavy atom. The third kappa shape index (κ3) is 5.47. The van der Waals surface area contributed by atoms with Gasteiger partial charge in [-0.3, -0.25) is 4.79 Å². The number of hydrogen-bond donors (Lipinski definition) is 1. The van der Waals surface area contributed by atoms with Gasteiger partial charge in [0.05, 0.1) is 15.6 Å². The van der Waals surface area contributed by atoms with E-state index >= 15 is 0 Å². The van der Waals surface area contributed by atoms with Gasteiger partial charge >= 0.3 is 0 Å². The normalized spacial score (nSPS) is 11.5. The number of halogens is 1. The van der Waals surface area contributed by atoms with Gasteiger partial charge in [0.2, 0.25) is 10.0 Å². The summed E-state index contributed by atoms with van der Waals surface area (Å²) in [5.41, 5.74) is 1.40. The zero-order valence-electron chi connectivity index (χ0n) is 16.2. The second-order valence-electron chi connectivity index (χ2n) is 6.07. The quantitative estimate of drug-likeness (QED) is 0.661. The van der Waals surface area contributed by atoms with Crippen LogP contribution in [-0.4, -0.2) is 38.3 Å². The molecule has 28 heavy (non-hydrogen) atoms. The molecule has 152 valence electrons. The highest BCUT2D eigenvalue weighted by Gasteiger charge is 2.22. The molecule has 0 unspecified atom stereocenters. The number of carbonyl (C=O) groups is 1. The molecule has 0 heterocycles. The van der Waals surface area contributed by atoms with Gasteiger partial charge in [-0.1, -0.05) is 44.5 Å². The average molecular weight is 425 g/mol. The third-order valence-corrected chi connectivity index (χ3v) is 6.63. The minimum absolute atomic E-state index is 0.0759. The van der Waals surface area contributed by atoms with E-state index in [1.807, 2.05) is 12.1 Å². The third-order valence-electron chi connectivity index (χ3n) is 4.26. The summed E-state index contributed by atoms with van der Waals surface area (Å²) in [6.45, 7) is 6.09. The molecule has 1 amide bonds. The summed E-state index contributed by atoms with van der Waals surface area (Å²) in [7, 11) is -3.65. The van der Waals surface area contributed by atoms with Crippen molar-refractivity contribution in [3.05, 3.63) is 53.1 Å². The van der Waals surface area contributed by atoms with Gasteiger partial charge < -0.3 is 10.1 Å². The molecular formula is C20H25ClN2O4S. The maximum absolute atomic E-state index is 12.7. The van der Waals surface area contributed by atoms with Crippen LogP contribution in [0.25, 0.3) is 0 Å². The Morgan fingerprint density at radius 2 is 1.71 bits per heavy atom. The lowest BCUT2D eigenvalue weighted by molar-refractivity contribution is -0.118. The fourth-order valence-electron chi connectivity index (χ4n) is 2.63. The smallest absolute Gasteiger partial charge is 0.262 e. The van der Waals surface area contributed by atoms with Crippen molar-refractivity contribution in [2.45, 2.75) is 32.1 Å². The predicted octanol–water partition coefficient (Wildman–Crippen LogP) is 3.95. The lowest BCUT2D eigenvalue weighted by Crippen LogP contribution is -2.30. The van der Waals surface area contributed by atoms with E-state index in [0.717, 1.165) is 6.42 Å². The molecule has 2 aromatic rings. The van der Waals surface area contributed by atoms with E-state index in [1.165, 1.54) is 28.1 Å². The summed E-state index contributed by atoms with van der Waals surface area (Å²) in [6, 6.07) is 11.7. The van der Waals surface area contributed by atoms with Crippen LogP contribution in [0.5, 0.6) is 5.75 Å². The minimum Gasteiger partial charge on any atom is -0.484 e. The van der Waals surface area contributed by atoms with Crippen LogP contribution >= 0.6 is 11.6 Å². The summed E-state index contributed by atoms with van der Waals surface area (Å²) in [5, 5.41) is 2.86. The molecule has 0 aromatic heterocycles. The van der Waals surface area contributed by atoms with E-state index < -0.39 is 15.9 Å². The molecule has 6 nitrogen and oxygen atoms in total. The molecule has 2 rings (SSSR count). The number of anilines is 1.